The fourth-order valence-corrected chi connectivity index (χ4v) is 3.70. The minimum absolute atomic E-state index is 0.107. The Balaban J connectivity index is 1.39. The third-order valence-electron chi connectivity index (χ3n) is 5.02. The van der Waals surface area contributed by atoms with Gasteiger partial charge in [0, 0.05) is 17.6 Å². The molecule has 3 unspecified atom stereocenters. The van der Waals surface area contributed by atoms with Gasteiger partial charge in [0.25, 0.3) is 0 Å². The zero-order valence-electron chi connectivity index (χ0n) is 14.4. The van der Waals surface area contributed by atoms with E-state index in [4.69, 9.17) is 16.3 Å². The van der Waals surface area contributed by atoms with Crippen molar-refractivity contribution in [3.8, 4) is 0 Å². The molecule has 0 spiro atoms. The number of nitrogens with one attached hydrogen (secondary N) is 2. The zero-order valence-corrected chi connectivity index (χ0v) is 15.2. The van der Waals surface area contributed by atoms with E-state index in [0.717, 1.165) is 12.0 Å². The first-order chi connectivity index (χ1) is 12.7. The largest absolute Gasteiger partial charge is 0.370 e. The minimum Gasteiger partial charge on any atom is -0.370 e. The van der Waals surface area contributed by atoms with Gasteiger partial charge in [0.2, 0.25) is 5.91 Å². The molecule has 2 N–H and O–H groups in total. The lowest BCUT2D eigenvalue weighted by Crippen LogP contribution is -2.50. The van der Waals surface area contributed by atoms with Crippen LogP contribution in [0, 0.1) is 0 Å². The Labute approximate surface area is 158 Å². The van der Waals surface area contributed by atoms with Gasteiger partial charge in [-0.05, 0) is 29.7 Å². The van der Waals surface area contributed by atoms with Crippen LogP contribution in [-0.4, -0.2) is 36.5 Å². The van der Waals surface area contributed by atoms with Gasteiger partial charge in [-0.1, -0.05) is 54.1 Å². The lowest BCUT2D eigenvalue weighted by Gasteiger charge is -2.34. The lowest BCUT2D eigenvalue weighted by atomic mass is 10.0. The highest BCUT2D eigenvalue weighted by Gasteiger charge is 2.35. The average molecular weight is 372 g/mol. The third kappa shape index (κ3) is 3.76. The Morgan fingerprint density at radius 1 is 1.04 bits per heavy atom. The second-order valence-corrected chi connectivity index (χ2v) is 7.17. The minimum atomic E-state index is -0.218. The van der Waals surface area contributed by atoms with Crippen molar-refractivity contribution in [2.24, 2.45) is 0 Å². The number of rotatable bonds is 3. The Hall–Kier alpha value is -1.92. The van der Waals surface area contributed by atoms with Crippen molar-refractivity contribution >= 4 is 17.5 Å². The van der Waals surface area contributed by atoms with E-state index in [1.54, 1.807) is 0 Å². The van der Waals surface area contributed by atoms with Gasteiger partial charge in [0.1, 0.15) is 12.1 Å². The van der Waals surface area contributed by atoms with Crippen LogP contribution in [0.2, 0.25) is 5.02 Å². The van der Waals surface area contributed by atoms with Gasteiger partial charge in [-0.25, -0.2) is 10.9 Å². The molecule has 2 aliphatic heterocycles. The summed E-state index contributed by atoms with van der Waals surface area (Å²) in [7, 11) is 0. The smallest absolute Gasteiger partial charge is 0.241 e. The molecule has 0 aliphatic carbocycles. The predicted molar refractivity (Wildman–Crippen MR) is 101 cm³/mol. The van der Waals surface area contributed by atoms with E-state index in [0.29, 0.717) is 24.7 Å². The van der Waals surface area contributed by atoms with Gasteiger partial charge in [-0.3, -0.25) is 4.79 Å². The first-order valence-corrected chi connectivity index (χ1v) is 9.30. The van der Waals surface area contributed by atoms with Gasteiger partial charge in [0.05, 0.1) is 13.2 Å². The molecule has 26 heavy (non-hydrogen) atoms. The van der Waals surface area contributed by atoms with E-state index in [9.17, 15) is 4.79 Å². The van der Waals surface area contributed by atoms with Crippen LogP contribution in [0.1, 0.15) is 29.7 Å². The zero-order chi connectivity index (χ0) is 17.9. The molecule has 5 nitrogen and oxygen atoms in total. The van der Waals surface area contributed by atoms with Crippen LogP contribution in [0.15, 0.2) is 54.6 Å². The number of ether oxygens (including phenoxy) is 1. The fraction of sp³-hybridized carbons (Fsp3) is 0.350. The number of halogens is 1. The lowest BCUT2D eigenvalue weighted by molar-refractivity contribution is -0.141. The van der Waals surface area contributed by atoms with E-state index in [-0.39, 0.29) is 24.1 Å². The molecule has 0 aromatic heterocycles. The Morgan fingerprint density at radius 3 is 2.58 bits per heavy atom. The van der Waals surface area contributed by atoms with Crippen molar-refractivity contribution in [3.63, 3.8) is 0 Å². The SMILES string of the molecule is O=C(C1CC(c2ccccc2)NN1)N1CCOC(c2ccc(Cl)cc2)C1. The highest BCUT2D eigenvalue weighted by atomic mass is 35.5. The first-order valence-electron chi connectivity index (χ1n) is 8.92. The third-order valence-corrected chi connectivity index (χ3v) is 5.28. The normalized spacial score (nSPS) is 26.0. The number of carbonyl (C=O) groups excluding carboxylic acids is 1. The fourth-order valence-electron chi connectivity index (χ4n) is 3.57. The molecular formula is C20H22ClN3O2. The summed E-state index contributed by atoms with van der Waals surface area (Å²) in [6.07, 6.45) is 0.635. The molecule has 2 heterocycles. The van der Waals surface area contributed by atoms with Gasteiger partial charge in [0.15, 0.2) is 0 Å². The molecule has 2 fully saturated rings. The number of hydrazine groups is 1. The van der Waals surface area contributed by atoms with Crippen molar-refractivity contribution in [1.29, 1.82) is 0 Å². The summed E-state index contributed by atoms with van der Waals surface area (Å²) in [5, 5.41) is 0.700. The Kier molecular flexibility index (Phi) is 5.22. The molecule has 1 amide bonds. The molecule has 2 saturated heterocycles. The van der Waals surface area contributed by atoms with Crippen molar-refractivity contribution in [1.82, 2.24) is 15.8 Å². The number of nitrogens with zero attached hydrogens (tertiary/aromatic N) is 1. The summed E-state index contributed by atoms with van der Waals surface area (Å²) in [6.45, 7) is 1.73. The van der Waals surface area contributed by atoms with Crippen molar-refractivity contribution < 1.29 is 9.53 Å². The molecule has 0 saturated carbocycles. The van der Waals surface area contributed by atoms with E-state index < -0.39 is 0 Å². The standard InChI is InChI=1S/C20H22ClN3O2/c21-16-8-6-15(7-9-16)19-13-24(10-11-26-19)20(25)18-12-17(22-23-18)14-4-2-1-3-5-14/h1-9,17-19,22-23H,10-13H2. The summed E-state index contributed by atoms with van der Waals surface area (Å²) in [5.41, 5.74) is 8.65. The van der Waals surface area contributed by atoms with E-state index >= 15 is 0 Å². The molecule has 0 bridgehead atoms. The quantitative estimate of drug-likeness (QED) is 0.871. The molecule has 6 heteroatoms. The Bertz CT molecular complexity index is 753. The van der Waals surface area contributed by atoms with E-state index in [1.165, 1.54) is 5.56 Å². The number of carbonyl (C=O) groups is 1. The van der Waals surface area contributed by atoms with Gasteiger partial charge < -0.3 is 9.64 Å². The summed E-state index contributed by atoms with van der Waals surface area (Å²) >= 11 is 5.96. The van der Waals surface area contributed by atoms with Crippen molar-refractivity contribution in [3.05, 3.63) is 70.7 Å². The summed E-state index contributed by atoms with van der Waals surface area (Å²) in [6, 6.07) is 17.8. The maximum atomic E-state index is 13.0. The monoisotopic (exact) mass is 371 g/mol. The van der Waals surface area contributed by atoms with Gasteiger partial charge in [-0.2, -0.15) is 0 Å². The van der Waals surface area contributed by atoms with Crippen LogP contribution in [-0.2, 0) is 9.53 Å². The molecule has 136 valence electrons. The molecule has 2 aromatic rings. The van der Waals surface area contributed by atoms with Crippen LogP contribution < -0.4 is 10.9 Å². The van der Waals surface area contributed by atoms with Crippen LogP contribution >= 0.6 is 11.6 Å². The Morgan fingerprint density at radius 2 is 1.81 bits per heavy atom. The highest BCUT2D eigenvalue weighted by molar-refractivity contribution is 6.30. The van der Waals surface area contributed by atoms with Gasteiger partial charge >= 0.3 is 0 Å². The van der Waals surface area contributed by atoms with Crippen molar-refractivity contribution in [2.45, 2.75) is 24.6 Å². The molecule has 4 rings (SSSR count). The van der Waals surface area contributed by atoms with Crippen LogP contribution in [0.25, 0.3) is 0 Å². The number of hydrogen-bond donors (Lipinski definition) is 2. The van der Waals surface area contributed by atoms with E-state index in [2.05, 4.69) is 23.0 Å². The second kappa shape index (κ2) is 7.76. The summed E-state index contributed by atoms with van der Waals surface area (Å²) < 4.78 is 5.86. The first kappa shape index (κ1) is 17.5. The summed E-state index contributed by atoms with van der Waals surface area (Å²) in [5.74, 6) is 0.123. The number of benzene rings is 2. The molecule has 2 aliphatic rings. The van der Waals surface area contributed by atoms with Crippen molar-refractivity contribution in [2.75, 3.05) is 19.7 Å². The van der Waals surface area contributed by atoms with Crippen LogP contribution in [0.5, 0.6) is 0 Å². The number of amides is 1. The molecular weight excluding hydrogens is 350 g/mol. The molecule has 3 atom stereocenters. The topological polar surface area (TPSA) is 53.6 Å². The average Bonchev–Trinajstić information content (AvgIpc) is 3.19. The maximum Gasteiger partial charge on any atom is 0.241 e. The molecule has 0 radical (unpaired) electrons. The highest BCUT2D eigenvalue weighted by Crippen LogP contribution is 2.26. The molecule has 2 aromatic carbocycles. The number of hydrogen-bond acceptors (Lipinski definition) is 4. The maximum absolute atomic E-state index is 13.0. The summed E-state index contributed by atoms with van der Waals surface area (Å²) in [4.78, 5) is 14.9. The van der Waals surface area contributed by atoms with Crippen LogP contribution in [0.4, 0.5) is 0 Å². The second-order valence-electron chi connectivity index (χ2n) is 6.74. The number of morpholine rings is 1. The predicted octanol–water partition coefficient (Wildman–Crippen LogP) is 2.85. The van der Waals surface area contributed by atoms with E-state index in [1.807, 2.05) is 47.4 Å². The van der Waals surface area contributed by atoms with Crippen LogP contribution in [0.3, 0.4) is 0 Å². The van der Waals surface area contributed by atoms with Gasteiger partial charge in [-0.15, -0.1) is 0 Å².